The van der Waals surface area contributed by atoms with Gasteiger partial charge in [0, 0.05) is 17.6 Å². The summed E-state index contributed by atoms with van der Waals surface area (Å²) in [5, 5.41) is 0.666. The third-order valence-corrected chi connectivity index (χ3v) is 6.23. The summed E-state index contributed by atoms with van der Waals surface area (Å²) >= 11 is 5.00. The number of para-hydroxylation sites is 2. The van der Waals surface area contributed by atoms with Gasteiger partial charge in [-0.05, 0) is 51.4 Å². The van der Waals surface area contributed by atoms with E-state index in [1.54, 1.807) is 4.90 Å². The molecule has 1 aromatic heterocycles. The van der Waals surface area contributed by atoms with Crippen molar-refractivity contribution in [1.29, 1.82) is 0 Å². The van der Waals surface area contributed by atoms with Crippen molar-refractivity contribution in [3.63, 3.8) is 0 Å². The zero-order chi connectivity index (χ0) is 20.5. The number of aromatic nitrogens is 1. The topological polar surface area (TPSA) is 54.9 Å². The number of halogens is 2. The summed E-state index contributed by atoms with van der Waals surface area (Å²) in [5.41, 5.74) is 0.870. The maximum atomic E-state index is 13.5. The number of hydrogen-bond donors (Lipinski definition) is 0. The molecule has 0 saturated heterocycles. The Bertz CT molecular complexity index is 1050. The first-order valence-corrected chi connectivity index (χ1v) is 11.0. The maximum Gasteiger partial charge on any atom is 0.273 e. The minimum absolute atomic E-state index is 0. The largest absolute Gasteiger partial charge is 0.482 e. The number of likely N-dealkylation sites (N-methyl/N-ethyl adjacent to an activating group) is 1. The van der Waals surface area contributed by atoms with E-state index >= 15 is 0 Å². The molecule has 0 fully saturated rings. The number of amides is 1. The lowest BCUT2D eigenvalue weighted by atomic mass is 10.1. The molecular weight excluding hydrogens is 490 g/mol. The first kappa shape index (κ1) is 22.8. The van der Waals surface area contributed by atoms with E-state index in [9.17, 15) is 4.79 Å². The van der Waals surface area contributed by atoms with E-state index in [4.69, 9.17) is 14.5 Å². The lowest BCUT2D eigenvalue weighted by Gasteiger charge is -2.34. The van der Waals surface area contributed by atoms with E-state index in [0.29, 0.717) is 29.7 Å². The summed E-state index contributed by atoms with van der Waals surface area (Å²) in [7, 11) is 3.97. The predicted molar refractivity (Wildman–Crippen MR) is 126 cm³/mol. The SMILES string of the molecule is CC1Oc2ccccc2OC1C(=O)N(CCN(C)C)c1nc2ccc(Br)cc2s1.Cl. The fourth-order valence-corrected chi connectivity index (χ4v) is 4.70. The second-order valence-electron chi connectivity index (χ2n) is 7.21. The average molecular weight is 513 g/mol. The van der Waals surface area contributed by atoms with E-state index in [1.807, 2.05) is 68.4 Å². The van der Waals surface area contributed by atoms with Crippen molar-refractivity contribution in [3.05, 3.63) is 46.9 Å². The third-order valence-electron chi connectivity index (χ3n) is 4.69. The highest BCUT2D eigenvalue weighted by Crippen LogP contribution is 2.36. The van der Waals surface area contributed by atoms with Gasteiger partial charge in [0.2, 0.25) is 6.10 Å². The van der Waals surface area contributed by atoms with Crippen molar-refractivity contribution in [2.75, 3.05) is 32.1 Å². The molecule has 4 rings (SSSR count). The quantitative estimate of drug-likeness (QED) is 0.500. The van der Waals surface area contributed by atoms with Crippen LogP contribution >= 0.6 is 39.7 Å². The van der Waals surface area contributed by atoms with Crippen LogP contribution in [0.2, 0.25) is 0 Å². The molecule has 9 heteroatoms. The lowest BCUT2D eigenvalue weighted by molar-refractivity contribution is -0.130. The number of anilines is 1. The molecule has 6 nitrogen and oxygen atoms in total. The molecule has 1 aliphatic heterocycles. The molecular formula is C21H23BrClN3O3S. The van der Waals surface area contributed by atoms with Crippen LogP contribution < -0.4 is 14.4 Å². The van der Waals surface area contributed by atoms with Crippen LogP contribution in [-0.4, -0.2) is 55.2 Å². The van der Waals surface area contributed by atoms with Crippen molar-refractivity contribution in [2.45, 2.75) is 19.1 Å². The monoisotopic (exact) mass is 511 g/mol. The van der Waals surface area contributed by atoms with Gasteiger partial charge in [0.15, 0.2) is 16.6 Å². The Morgan fingerprint density at radius 1 is 1.13 bits per heavy atom. The highest BCUT2D eigenvalue weighted by molar-refractivity contribution is 9.10. The van der Waals surface area contributed by atoms with Crippen LogP contribution in [0.4, 0.5) is 5.13 Å². The number of ether oxygens (including phenoxy) is 2. The molecule has 1 aliphatic rings. The lowest BCUT2D eigenvalue weighted by Crippen LogP contribution is -2.52. The standard InChI is InChI=1S/C21H22BrN3O3S.ClH/c1-13-19(28-17-7-5-4-6-16(17)27-13)20(26)25(11-10-24(2)3)21-23-15-9-8-14(22)12-18(15)29-21;/h4-9,12-13,19H,10-11H2,1-3H3;1H. The molecule has 2 aromatic carbocycles. The van der Waals surface area contributed by atoms with Gasteiger partial charge in [0.25, 0.3) is 5.91 Å². The van der Waals surface area contributed by atoms with Crippen molar-refractivity contribution < 1.29 is 14.3 Å². The van der Waals surface area contributed by atoms with Crippen molar-refractivity contribution in [2.24, 2.45) is 0 Å². The van der Waals surface area contributed by atoms with E-state index in [1.165, 1.54) is 11.3 Å². The van der Waals surface area contributed by atoms with Gasteiger partial charge < -0.3 is 14.4 Å². The second-order valence-corrected chi connectivity index (χ2v) is 9.13. The van der Waals surface area contributed by atoms with E-state index in [2.05, 4.69) is 15.9 Å². The van der Waals surface area contributed by atoms with Gasteiger partial charge in [-0.1, -0.05) is 39.4 Å². The molecule has 0 saturated carbocycles. The number of rotatable bonds is 5. The van der Waals surface area contributed by atoms with Gasteiger partial charge >= 0.3 is 0 Å². The molecule has 0 spiro atoms. The van der Waals surface area contributed by atoms with Crippen LogP contribution in [0, 0.1) is 0 Å². The Balaban J connectivity index is 0.00000256. The van der Waals surface area contributed by atoms with Gasteiger partial charge in [0.05, 0.1) is 10.2 Å². The van der Waals surface area contributed by atoms with E-state index in [-0.39, 0.29) is 18.3 Å². The Kier molecular flexibility index (Phi) is 7.23. The van der Waals surface area contributed by atoms with E-state index in [0.717, 1.165) is 14.7 Å². The zero-order valence-electron chi connectivity index (χ0n) is 16.9. The first-order valence-electron chi connectivity index (χ1n) is 9.37. The predicted octanol–water partition coefficient (Wildman–Crippen LogP) is 4.60. The smallest absolute Gasteiger partial charge is 0.273 e. The highest BCUT2D eigenvalue weighted by atomic mass is 79.9. The number of benzene rings is 2. The summed E-state index contributed by atoms with van der Waals surface area (Å²) in [6.07, 6.45) is -1.13. The number of carbonyl (C=O) groups excluding carboxylic acids is 1. The number of carbonyl (C=O) groups is 1. The van der Waals surface area contributed by atoms with Gasteiger partial charge in [-0.25, -0.2) is 4.98 Å². The van der Waals surface area contributed by atoms with E-state index < -0.39 is 12.2 Å². The molecule has 0 aliphatic carbocycles. The number of hydrogen-bond acceptors (Lipinski definition) is 6. The van der Waals surface area contributed by atoms with Crippen LogP contribution in [0.25, 0.3) is 10.2 Å². The number of fused-ring (bicyclic) bond motifs is 2. The Morgan fingerprint density at radius 3 is 2.53 bits per heavy atom. The number of thiazole rings is 1. The average Bonchev–Trinajstić information content (AvgIpc) is 3.09. The van der Waals surface area contributed by atoms with Gasteiger partial charge in [-0.15, -0.1) is 12.4 Å². The fourth-order valence-electron chi connectivity index (χ4n) is 3.15. The molecule has 0 N–H and O–H groups in total. The second kappa shape index (κ2) is 9.51. The van der Waals surface area contributed by atoms with Crippen molar-refractivity contribution in [1.82, 2.24) is 9.88 Å². The highest BCUT2D eigenvalue weighted by Gasteiger charge is 2.38. The minimum atomic E-state index is -0.731. The zero-order valence-corrected chi connectivity index (χ0v) is 20.1. The normalized spacial score (nSPS) is 17.6. The van der Waals surface area contributed by atoms with Gasteiger partial charge in [-0.3, -0.25) is 9.69 Å². The molecule has 1 amide bonds. The summed E-state index contributed by atoms with van der Waals surface area (Å²) in [4.78, 5) is 22.0. The Morgan fingerprint density at radius 2 is 1.83 bits per heavy atom. The summed E-state index contributed by atoms with van der Waals surface area (Å²) in [5.74, 6) is 1.10. The fraction of sp³-hybridized carbons (Fsp3) is 0.333. The molecule has 3 aromatic rings. The third kappa shape index (κ3) is 4.72. The van der Waals surface area contributed by atoms with Crippen LogP contribution in [0.1, 0.15) is 6.92 Å². The van der Waals surface area contributed by atoms with Crippen molar-refractivity contribution >= 4 is 60.9 Å². The summed E-state index contributed by atoms with van der Waals surface area (Å²) < 4.78 is 14.0. The van der Waals surface area contributed by atoms with Crippen LogP contribution in [0.3, 0.4) is 0 Å². The number of nitrogens with zero attached hydrogens (tertiary/aromatic N) is 3. The molecule has 160 valence electrons. The molecule has 2 unspecified atom stereocenters. The maximum absolute atomic E-state index is 13.5. The Hall–Kier alpha value is -1.87. The van der Waals surface area contributed by atoms with Crippen LogP contribution in [0.5, 0.6) is 11.5 Å². The molecule has 0 radical (unpaired) electrons. The van der Waals surface area contributed by atoms with Gasteiger partial charge in [0.1, 0.15) is 6.10 Å². The first-order chi connectivity index (χ1) is 13.9. The summed E-state index contributed by atoms with van der Waals surface area (Å²) in [6, 6.07) is 13.4. The Labute approximate surface area is 194 Å². The molecule has 30 heavy (non-hydrogen) atoms. The van der Waals surface area contributed by atoms with Crippen LogP contribution in [-0.2, 0) is 4.79 Å². The summed E-state index contributed by atoms with van der Waals surface area (Å²) in [6.45, 7) is 3.09. The minimum Gasteiger partial charge on any atom is -0.482 e. The van der Waals surface area contributed by atoms with Crippen LogP contribution in [0.15, 0.2) is 46.9 Å². The molecule has 2 heterocycles. The molecule has 2 atom stereocenters. The van der Waals surface area contributed by atoms with Gasteiger partial charge in [-0.2, -0.15) is 0 Å². The van der Waals surface area contributed by atoms with Crippen molar-refractivity contribution in [3.8, 4) is 11.5 Å². The molecule has 0 bridgehead atoms.